The lowest BCUT2D eigenvalue weighted by molar-refractivity contribution is -0.118. The van der Waals surface area contributed by atoms with Crippen molar-refractivity contribution in [1.82, 2.24) is 0 Å². The van der Waals surface area contributed by atoms with Crippen molar-refractivity contribution in [3.8, 4) is 11.8 Å². The molecule has 0 radical (unpaired) electrons. The van der Waals surface area contributed by atoms with Crippen molar-refractivity contribution in [3.63, 3.8) is 0 Å². The monoisotopic (exact) mass is 280 g/mol. The van der Waals surface area contributed by atoms with Gasteiger partial charge in [-0.1, -0.05) is 12.1 Å². The second-order valence-electron chi connectivity index (χ2n) is 4.85. The third-order valence-electron chi connectivity index (χ3n) is 2.84. The number of benzene rings is 2. The topological polar surface area (TPSA) is 62.1 Å². The number of nitrogens with zero attached hydrogens (tertiary/aromatic N) is 1. The Labute approximate surface area is 124 Å². The lowest BCUT2D eigenvalue weighted by Crippen LogP contribution is -2.20. The molecular weight excluding hydrogens is 264 g/mol. The molecule has 0 aliphatic rings. The molecule has 2 aromatic rings. The van der Waals surface area contributed by atoms with Crippen molar-refractivity contribution in [2.24, 2.45) is 0 Å². The van der Waals surface area contributed by atoms with Gasteiger partial charge in [0.05, 0.1) is 11.6 Å². The van der Waals surface area contributed by atoms with Crippen LogP contribution >= 0.6 is 0 Å². The maximum absolute atomic E-state index is 11.8. The normalized spacial score (nSPS) is 9.76. The van der Waals surface area contributed by atoms with Gasteiger partial charge >= 0.3 is 0 Å². The summed E-state index contributed by atoms with van der Waals surface area (Å²) in [6, 6.07) is 14.6. The van der Waals surface area contributed by atoms with E-state index >= 15 is 0 Å². The highest BCUT2D eigenvalue weighted by atomic mass is 16.5. The number of hydrogen-bond donors (Lipinski definition) is 1. The molecule has 0 spiro atoms. The highest BCUT2D eigenvalue weighted by Gasteiger charge is 2.05. The number of carbonyl (C=O) groups is 1. The molecule has 0 saturated carbocycles. The fourth-order valence-electron chi connectivity index (χ4n) is 2.03. The van der Waals surface area contributed by atoms with E-state index in [0.29, 0.717) is 17.0 Å². The maximum atomic E-state index is 11.8. The number of carbonyl (C=O) groups excluding carboxylic acids is 1. The predicted octanol–water partition coefficient (Wildman–Crippen LogP) is 3.19. The van der Waals surface area contributed by atoms with Crippen molar-refractivity contribution in [1.29, 1.82) is 5.26 Å². The van der Waals surface area contributed by atoms with Gasteiger partial charge in [-0.3, -0.25) is 4.79 Å². The summed E-state index contributed by atoms with van der Waals surface area (Å²) in [7, 11) is 0. The molecule has 0 aliphatic heterocycles. The van der Waals surface area contributed by atoms with Crippen LogP contribution < -0.4 is 10.1 Å². The molecule has 0 atom stereocenters. The molecule has 4 nitrogen and oxygen atoms in total. The number of ether oxygens (including phenoxy) is 1. The van der Waals surface area contributed by atoms with Crippen LogP contribution in [0.2, 0.25) is 0 Å². The van der Waals surface area contributed by atoms with E-state index < -0.39 is 0 Å². The van der Waals surface area contributed by atoms with Crippen molar-refractivity contribution < 1.29 is 9.53 Å². The molecule has 1 N–H and O–H groups in total. The standard InChI is InChI=1S/C17H16N2O2/c1-12-6-13(2)8-16(7-12)21-11-17(20)19-15-5-3-4-14(9-15)10-18/h3-9H,11H2,1-2H3,(H,19,20). The Kier molecular flexibility index (Phi) is 4.57. The molecule has 0 heterocycles. The molecule has 0 unspecified atom stereocenters. The first-order valence-corrected chi connectivity index (χ1v) is 6.58. The number of aryl methyl sites for hydroxylation is 2. The zero-order valence-corrected chi connectivity index (χ0v) is 12.0. The molecule has 21 heavy (non-hydrogen) atoms. The summed E-state index contributed by atoms with van der Waals surface area (Å²) >= 11 is 0. The number of rotatable bonds is 4. The number of anilines is 1. The molecule has 0 fully saturated rings. The minimum absolute atomic E-state index is 0.0698. The highest BCUT2D eigenvalue weighted by molar-refractivity contribution is 5.92. The Bertz CT molecular complexity index is 682. The van der Waals surface area contributed by atoms with Crippen LogP contribution in [0, 0.1) is 25.2 Å². The summed E-state index contributed by atoms with van der Waals surface area (Å²) in [6.45, 7) is 3.89. The summed E-state index contributed by atoms with van der Waals surface area (Å²) < 4.78 is 5.48. The quantitative estimate of drug-likeness (QED) is 0.935. The van der Waals surface area contributed by atoms with Gasteiger partial charge in [-0.05, 0) is 55.3 Å². The Balaban J connectivity index is 1.94. The SMILES string of the molecule is Cc1cc(C)cc(OCC(=O)Nc2cccc(C#N)c2)c1. The first kappa shape index (κ1) is 14.6. The van der Waals surface area contributed by atoms with Crippen LogP contribution in [0.4, 0.5) is 5.69 Å². The Morgan fingerprint density at radius 1 is 1.19 bits per heavy atom. The van der Waals surface area contributed by atoms with E-state index in [1.165, 1.54) is 0 Å². The van der Waals surface area contributed by atoms with Crippen LogP contribution in [-0.4, -0.2) is 12.5 Å². The second kappa shape index (κ2) is 6.58. The Hall–Kier alpha value is -2.80. The van der Waals surface area contributed by atoms with Gasteiger partial charge in [0, 0.05) is 5.69 Å². The summed E-state index contributed by atoms with van der Waals surface area (Å²) in [5.41, 5.74) is 3.27. The number of nitrogens with one attached hydrogen (secondary N) is 1. The molecule has 4 heteroatoms. The summed E-state index contributed by atoms with van der Waals surface area (Å²) in [5, 5.41) is 11.5. The van der Waals surface area contributed by atoms with Crippen molar-refractivity contribution in [2.75, 3.05) is 11.9 Å². The first-order valence-electron chi connectivity index (χ1n) is 6.58. The zero-order chi connectivity index (χ0) is 15.2. The molecular formula is C17H16N2O2. The van der Waals surface area contributed by atoms with Crippen LogP contribution in [0.25, 0.3) is 0 Å². The first-order chi connectivity index (χ1) is 10.1. The molecule has 2 rings (SSSR count). The van der Waals surface area contributed by atoms with E-state index in [2.05, 4.69) is 5.32 Å². The number of hydrogen-bond acceptors (Lipinski definition) is 3. The molecule has 2 aromatic carbocycles. The van der Waals surface area contributed by atoms with Crippen LogP contribution in [-0.2, 0) is 4.79 Å². The van der Waals surface area contributed by atoms with E-state index in [4.69, 9.17) is 10.00 Å². The molecule has 0 saturated heterocycles. The van der Waals surface area contributed by atoms with Gasteiger partial charge in [-0.2, -0.15) is 5.26 Å². The minimum atomic E-state index is -0.260. The van der Waals surface area contributed by atoms with Gasteiger partial charge in [0.2, 0.25) is 0 Å². The van der Waals surface area contributed by atoms with Crippen LogP contribution in [0.5, 0.6) is 5.75 Å². The Morgan fingerprint density at radius 3 is 2.57 bits per heavy atom. The van der Waals surface area contributed by atoms with Crippen molar-refractivity contribution in [2.45, 2.75) is 13.8 Å². The van der Waals surface area contributed by atoms with Crippen molar-refractivity contribution >= 4 is 11.6 Å². The van der Waals surface area contributed by atoms with E-state index in [1.54, 1.807) is 24.3 Å². The summed E-state index contributed by atoms with van der Waals surface area (Å²) in [5.74, 6) is 0.415. The minimum Gasteiger partial charge on any atom is -0.484 e. The van der Waals surface area contributed by atoms with Gasteiger partial charge in [0.25, 0.3) is 5.91 Å². The maximum Gasteiger partial charge on any atom is 0.262 e. The largest absolute Gasteiger partial charge is 0.484 e. The predicted molar refractivity (Wildman–Crippen MR) is 81.2 cm³/mol. The average molecular weight is 280 g/mol. The lowest BCUT2D eigenvalue weighted by Gasteiger charge is -2.09. The third kappa shape index (κ3) is 4.36. The molecule has 1 amide bonds. The van der Waals surface area contributed by atoms with Crippen molar-refractivity contribution in [3.05, 3.63) is 59.2 Å². The molecule has 106 valence electrons. The van der Waals surface area contributed by atoms with E-state index in [9.17, 15) is 4.79 Å². The fraction of sp³-hybridized carbons (Fsp3) is 0.176. The summed E-state index contributed by atoms with van der Waals surface area (Å²) in [6.07, 6.45) is 0. The zero-order valence-electron chi connectivity index (χ0n) is 12.0. The van der Waals surface area contributed by atoms with Gasteiger partial charge in [0.1, 0.15) is 5.75 Å². The molecule has 0 aromatic heterocycles. The third-order valence-corrected chi connectivity index (χ3v) is 2.84. The van der Waals surface area contributed by atoms with Gasteiger partial charge in [-0.15, -0.1) is 0 Å². The van der Waals surface area contributed by atoms with E-state index in [-0.39, 0.29) is 12.5 Å². The Morgan fingerprint density at radius 2 is 1.90 bits per heavy atom. The van der Waals surface area contributed by atoms with Crippen LogP contribution in [0.3, 0.4) is 0 Å². The average Bonchev–Trinajstić information content (AvgIpc) is 2.44. The summed E-state index contributed by atoms with van der Waals surface area (Å²) in [4.78, 5) is 11.8. The van der Waals surface area contributed by atoms with E-state index in [0.717, 1.165) is 11.1 Å². The second-order valence-corrected chi connectivity index (χ2v) is 4.85. The number of nitriles is 1. The van der Waals surface area contributed by atoms with Crippen LogP contribution in [0.15, 0.2) is 42.5 Å². The van der Waals surface area contributed by atoms with Gasteiger partial charge in [-0.25, -0.2) is 0 Å². The van der Waals surface area contributed by atoms with E-state index in [1.807, 2.05) is 38.1 Å². The lowest BCUT2D eigenvalue weighted by atomic mass is 10.1. The highest BCUT2D eigenvalue weighted by Crippen LogP contribution is 2.16. The van der Waals surface area contributed by atoms with Gasteiger partial charge in [0.15, 0.2) is 6.61 Å². The molecule has 0 bridgehead atoms. The molecule has 0 aliphatic carbocycles. The smallest absolute Gasteiger partial charge is 0.262 e. The van der Waals surface area contributed by atoms with Crippen LogP contribution in [0.1, 0.15) is 16.7 Å². The van der Waals surface area contributed by atoms with Gasteiger partial charge < -0.3 is 10.1 Å². The number of amides is 1. The fourth-order valence-corrected chi connectivity index (χ4v) is 2.03.